The number of benzene rings is 1. The van der Waals surface area contributed by atoms with Crippen molar-refractivity contribution in [1.82, 2.24) is 10.2 Å². The van der Waals surface area contributed by atoms with E-state index in [2.05, 4.69) is 15.5 Å². The fourth-order valence-electron chi connectivity index (χ4n) is 1.87. The van der Waals surface area contributed by atoms with Crippen molar-refractivity contribution in [2.75, 3.05) is 11.9 Å². The lowest BCUT2D eigenvalue weighted by molar-refractivity contribution is 0.717. The Morgan fingerprint density at radius 1 is 1.22 bits per heavy atom. The lowest BCUT2D eigenvalue weighted by Crippen LogP contribution is -2.21. The molecular weight excluding hydrogens is 232 g/mol. The third kappa shape index (κ3) is 2.43. The summed E-state index contributed by atoms with van der Waals surface area (Å²) in [5, 5.41) is 8.60. The third-order valence-corrected chi connectivity index (χ3v) is 2.81. The predicted molar refractivity (Wildman–Crippen MR) is 71.9 cm³/mol. The first-order chi connectivity index (χ1) is 8.61. The number of H-pyrrole nitrogens is 2. The Hall–Kier alpha value is -2.08. The van der Waals surface area contributed by atoms with Crippen molar-refractivity contribution in [3.63, 3.8) is 0 Å². The Morgan fingerprint density at radius 3 is 2.56 bits per heavy atom. The number of nitrogens with two attached hydrogens (primary N) is 1. The molecule has 96 valence electrons. The molecule has 0 bridgehead atoms. The molecular formula is C12H16N4O2. The third-order valence-electron chi connectivity index (χ3n) is 2.81. The van der Waals surface area contributed by atoms with Crippen molar-refractivity contribution in [3.05, 3.63) is 38.9 Å². The molecule has 1 unspecified atom stereocenters. The molecule has 1 heterocycles. The molecule has 0 saturated carbocycles. The fourth-order valence-corrected chi connectivity index (χ4v) is 1.87. The maximum atomic E-state index is 11.6. The van der Waals surface area contributed by atoms with E-state index in [4.69, 9.17) is 5.73 Å². The van der Waals surface area contributed by atoms with E-state index in [9.17, 15) is 9.59 Å². The molecule has 1 atom stereocenters. The van der Waals surface area contributed by atoms with Gasteiger partial charge in [0.25, 0.3) is 11.1 Å². The largest absolute Gasteiger partial charge is 0.383 e. The Kier molecular flexibility index (Phi) is 3.47. The first kappa shape index (κ1) is 12.4. The van der Waals surface area contributed by atoms with Crippen LogP contribution in [0.3, 0.4) is 0 Å². The van der Waals surface area contributed by atoms with Gasteiger partial charge in [0, 0.05) is 11.7 Å². The summed E-state index contributed by atoms with van der Waals surface area (Å²) in [4.78, 5) is 23.1. The predicted octanol–water partition coefficient (Wildman–Crippen LogP) is 0.366. The number of anilines is 1. The lowest BCUT2D eigenvalue weighted by atomic mass is 10.1. The molecule has 0 radical (unpaired) electrons. The minimum atomic E-state index is -0.306. The highest BCUT2D eigenvalue weighted by atomic mass is 16.1. The van der Waals surface area contributed by atoms with E-state index in [1.54, 1.807) is 18.2 Å². The van der Waals surface area contributed by atoms with Crippen LogP contribution >= 0.6 is 0 Å². The number of hydrogen-bond acceptors (Lipinski definition) is 4. The van der Waals surface area contributed by atoms with E-state index in [1.807, 2.05) is 6.92 Å². The number of aromatic nitrogens is 2. The average molecular weight is 248 g/mol. The summed E-state index contributed by atoms with van der Waals surface area (Å²) in [6.45, 7) is 2.61. The molecule has 6 nitrogen and oxygen atoms in total. The molecule has 5 N–H and O–H groups in total. The van der Waals surface area contributed by atoms with Gasteiger partial charge in [0.05, 0.1) is 10.8 Å². The lowest BCUT2D eigenvalue weighted by Gasteiger charge is -2.14. The van der Waals surface area contributed by atoms with E-state index in [-0.39, 0.29) is 17.2 Å². The van der Waals surface area contributed by atoms with Gasteiger partial charge in [-0.25, -0.2) is 0 Å². The highest BCUT2D eigenvalue weighted by Crippen LogP contribution is 2.14. The Bertz CT molecular complexity index is 659. The van der Waals surface area contributed by atoms with Crippen molar-refractivity contribution < 1.29 is 0 Å². The van der Waals surface area contributed by atoms with Crippen molar-refractivity contribution in [2.45, 2.75) is 19.4 Å². The van der Waals surface area contributed by atoms with Crippen LogP contribution in [0.5, 0.6) is 0 Å². The maximum Gasteiger partial charge on any atom is 0.270 e. The smallest absolute Gasteiger partial charge is 0.270 e. The molecule has 1 aromatic heterocycles. The first-order valence-corrected chi connectivity index (χ1v) is 5.83. The maximum absolute atomic E-state index is 11.6. The standard InChI is InChI=1S/C12H16N4O2/c1-7(4-5-13)14-8-2-3-9-10(6-8)12(18)16-15-11(9)17/h2-3,6-7,14H,4-5,13H2,1H3,(H,15,17)(H,16,18). The molecule has 2 aromatic rings. The van der Waals surface area contributed by atoms with E-state index in [0.717, 1.165) is 12.1 Å². The van der Waals surface area contributed by atoms with Gasteiger partial charge in [-0.15, -0.1) is 0 Å². The van der Waals surface area contributed by atoms with Gasteiger partial charge in [0.1, 0.15) is 0 Å². The summed E-state index contributed by atoms with van der Waals surface area (Å²) in [5.41, 5.74) is 5.68. The fraction of sp³-hybridized carbons (Fsp3) is 0.333. The molecule has 6 heteroatoms. The van der Waals surface area contributed by atoms with Gasteiger partial charge < -0.3 is 11.1 Å². The van der Waals surface area contributed by atoms with Crippen LogP contribution in [0.15, 0.2) is 27.8 Å². The van der Waals surface area contributed by atoms with Crippen LogP contribution in [0.1, 0.15) is 13.3 Å². The minimum absolute atomic E-state index is 0.216. The van der Waals surface area contributed by atoms with E-state index in [1.165, 1.54) is 0 Å². The molecule has 0 saturated heterocycles. The molecule has 18 heavy (non-hydrogen) atoms. The van der Waals surface area contributed by atoms with Crippen molar-refractivity contribution >= 4 is 16.5 Å². The van der Waals surface area contributed by atoms with Crippen LogP contribution < -0.4 is 22.2 Å². The Balaban J connectivity index is 2.41. The van der Waals surface area contributed by atoms with Crippen molar-refractivity contribution in [3.8, 4) is 0 Å². The van der Waals surface area contributed by atoms with E-state index >= 15 is 0 Å². The van der Waals surface area contributed by atoms with Crippen LogP contribution in [-0.4, -0.2) is 22.8 Å². The van der Waals surface area contributed by atoms with Gasteiger partial charge in [-0.05, 0) is 38.1 Å². The van der Waals surface area contributed by atoms with Crippen LogP contribution in [0.4, 0.5) is 5.69 Å². The summed E-state index contributed by atoms with van der Waals surface area (Å²) < 4.78 is 0. The highest BCUT2D eigenvalue weighted by molar-refractivity contribution is 5.83. The van der Waals surface area contributed by atoms with Crippen molar-refractivity contribution in [1.29, 1.82) is 0 Å². The molecule has 0 aliphatic heterocycles. The number of rotatable bonds is 4. The Morgan fingerprint density at radius 2 is 1.89 bits per heavy atom. The van der Waals surface area contributed by atoms with E-state index < -0.39 is 0 Å². The quantitative estimate of drug-likeness (QED) is 0.627. The summed E-state index contributed by atoms with van der Waals surface area (Å²) in [5.74, 6) is 0. The normalized spacial score (nSPS) is 12.6. The average Bonchev–Trinajstić information content (AvgIpc) is 2.34. The topological polar surface area (TPSA) is 104 Å². The zero-order valence-electron chi connectivity index (χ0n) is 10.1. The SMILES string of the molecule is CC(CCN)Nc1ccc2c(=O)[nH][nH]c(=O)c2c1. The molecule has 0 amide bonds. The minimum Gasteiger partial charge on any atom is -0.383 e. The first-order valence-electron chi connectivity index (χ1n) is 5.83. The number of fused-ring (bicyclic) bond motifs is 1. The van der Waals surface area contributed by atoms with Crippen molar-refractivity contribution in [2.24, 2.45) is 5.73 Å². The molecule has 2 rings (SSSR count). The van der Waals surface area contributed by atoms with Gasteiger partial charge in [0.15, 0.2) is 0 Å². The number of aromatic amines is 2. The van der Waals surface area contributed by atoms with Gasteiger partial charge in [0.2, 0.25) is 0 Å². The number of nitrogens with one attached hydrogen (secondary N) is 3. The molecule has 0 aliphatic rings. The summed E-state index contributed by atoms with van der Waals surface area (Å²) in [7, 11) is 0. The summed E-state index contributed by atoms with van der Waals surface area (Å²) in [6.07, 6.45) is 0.837. The second kappa shape index (κ2) is 5.05. The summed E-state index contributed by atoms with van der Waals surface area (Å²) >= 11 is 0. The van der Waals surface area contributed by atoms with E-state index in [0.29, 0.717) is 17.3 Å². The van der Waals surface area contributed by atoms with Crippen LogP contribution in [0.25, 0.3) is 10.8 Å². The molecule has 0 spiro atoms. The Labute approximate surface area is 103 Å². The monoisotopic (exact) mass is 248 g/mol. The zero-order chi connectivity index (χ0) is 13.1. The van der Waals surface area contributed by atoms with Gasteiger partial charge in [-0.1, -0.05) is 0 Å². The van der Waals surface area contributed by atoms with Gasteiger partial charge >= 0.3 is 0 Å². The second-order valence-electron chi connectivity index (χ2n) is 4.29. The summed E-state index contributed by atoms with van der Waals surface area (Å²) in [6, 6.07) is 5.31. The van der Waals surface area contributed by atoms with Crippen LogP contribution in [-0.2, 0) is 0 Å². The van der Waals surface area contributed by atoms with Gasteiger partial charge in [-0.3, -0.25) is 19.8 Å². The van der Waals surface area contributed by atoms with Gasteiger partial charge in [-0.2, -0.15) is 0 Å². The number of hydrogen-bond donors (Lipinski definition) is 4. The zero-order valence-corrected chi connectivity index (χ0v) is 10.1. The molecule has 0 fully saturated rings. The van der Waals surface area contributed by atoms with Crippen LogP contribution in [0, 0.1) is 0 Å². The second-order valence-corrected chi connectivity index (χ2v) is 4.29. The van der Waals surface area contributed by atoms with Crippen LogP contribution in [0.2, 0.25) is 0 Å². The highest BCUT2D eigenvalue weighted by Gasteiger charge is 2.05. The molecule has 0 aliphatic carbocycles. The molecule has 1 aromatic carbocycles.